The number of amides is 1. The highest BCUT2D eigenvalue weighted by molar-refractivity contribution is 6.33. The number of carbonyl (C=O) groups excluding carboxylic acids is 1. The molecule has 2 aromatic rings. The summed E-state index contributed by atoms with van der Waals surface area (Å²) in [5.74, 6) is -0.353. The van der Waals surface area contributed by atoms with Gasteiger partial charge in [0.1, 0.15) is 5.15 Å². The molecule has 18 heavy (non-hydrogen) atoms. The van der Waals surface area contributed by atoms with Gasteiger partial charge in [0.25, 0.3) is 5.91 Å². The molecular formula is C13H11ClN2O2. The number of nitrogens with one attached hydrogen (secondary N) is 1. The summed E-state index contributed by atoms with van der Waals surface area (Å²) in [6.07, 6.45) is 1.51. The number of benzene rings is 1. The Labute approximate surface area is 109 Å². The number of halogens is 1. The summed E-state index contributed by atoms with van der Waals surface area (Å²) < 4.78 is 0. The van der Waals surface area contributed by atoms with E-state index < -0.39 is 0 Å². The lowest BCUT2D eigenvalue weighted by Crippen LogP contribution is -2.14. The molecule has 4 nitrogen and oxygen atoms in total. The fourth-order valence-electron chi connectivity index (χ4n) is 1.53. The Balaban J connectivity index is 2.24. The predicted octanol–water partition coefficient (Wildman–Crippen LogP) is 2.48. The van der Waals surface area contributed by atoms with E-state index in [2.05, 4.69) is 10.3 Å². The van der Waals surface area contributed by atoms with E-state index in [1.54, 1.807) is 36.4 Å². The van der Waals surface area contributed by atoms with Gasteiger partial charge in [0, 0.05) is 17.4 Å². The Hall–Kier alpha value is -1.91. The molecule has 0 saturated carbocycles. The Morgan fingerprint density at radius 3 is 2.78 bits per heavy atom. The number of rotatable bonds is 3. The van der Waals surface area contributed by atoms with Crippen molar-refractivity contribution in [3.63, 3.8) is 0 Å². The van der Waals surface area contributed by atoms with E-state index in [-0.39, 0.29) is 17.7 Å². The monoisotopic (exact) mass is 262 g/mol. The van der Waals surface area contributed by atoms with Crippen molar-refractivity contribution in [3.8, 4) is 0 Å². The quantitative estimate of drug-likeness (QED) is 0.836. The van der Waals surface area contributed by atoms with Gasteiger partial charge in [0.15, 0.2) is 0 Å². The Morgan fingerprint density at radius 2 is 2.06 bits per heavy atom. The van der Waals surface area contributed by atoms with E-state index in [1.165, 1.54) is 6.20 Å². The molecule has 1 amide bonds. The molecule has 1 heterocycles. The third kappa shape index (κ3) is 2.67. The summed E-state index contributed by atoms with van der Waals surface area (Å²) in [5, 5.41) is 12.0. The second-order valence-electron chi connectivity index (χ2n) is 3.61. The smallest absolute Gasteiger partial charge is 0.258 e. The minimum Gasteiger partial charge on any atom is -0.392 e. The molecule has 1 aromatic heterocycles. The van der Waals surface area contributed by atoms with E-state index in [0.717, 1.165) is 0 Å². The van der Waals surface area contributed by atoms with Gasteiger partial charge in [-0.05, 0) is 18.2 Å². The first-order chi connectivity index (χ1) is 8.72. The summed E-state index contributed by atoms with van der Waals surface area (Å²) in [7, 11) is 0. The molecule has 0 aliphatic heterocycles. The van der Waals surface area contributed by atoms with Gasteiger partial charge in [-0.15, -0.1) is 0 Å². The van der Waals surface area contributed by atoms with Crippen LogP contribution in [0.3, 0.4) is 0 Å². The zero-order valence-electron chi connectivity index (χ0n) is 9.43. The van der Waals surface area contributed by atoms with Gasteiger partial charge in [-0.1, -0.05) is 29.8 Å². The van der Waals surface area contributed by atoms with Gasteiger partial charge in [-0.2, -0.15) is 0 Å². The maximum Gasteiger partial charge on any atom is 0.258 e. The number of carbonyl (C=O) groups is 1. The molecule has 1 aromatic carbocycles. The highest BCUT2D eigenvalue weighted by Gasteiger charge is 2.12. The number of aliphatic hydroxyl groups excluding tert-OH is 1. The standard InChI is InChI=1S/C13H11ClN2O2/c14-12-10(5-3-7-15-12)13(18)16-11-6-2-1-4-9(11)8-17/h1-7,17H,8H2,(H,16,18). The maximum atomic E-state index is 12.0. The fourth-order valence-corrected chi connectivity index (χ4v) is 1.73. The lowest BCUT2D eigenvalue weighted by Gasteiger charge is -2.09. The normalized spacial score (nSPS) is 10.1. The van der Waals surface area contributed by atoms with Crippen LogP contribution in [-0.4, -0.2) is 16.0 Å². The zero-order valence-corrected chi connectivity index (χ0v) is 10.2. The van der Waals surface area contributed by atoms with E-state index in [9.17, 15) is 4.79 Å². The molecule has 0 unspecified atom stereocenters. The molecule has 0 fully saturated rings. The number of pyridine rings is 1. The van der Waals surface area contributed by atoms with Crippen LogP contribution in [0, 0.1) is 0 Å². The van der Waals surface area contributed by atoms with Gasteiger partial charge >= 0.3 is 0 Å². The summed E-state index contributed by atoms with van der Waals surface area (Å²) in [5.41, 5.74) is 1.50. The Morgan fingerprint density at radius 1 is 1.28 bits per heavy atom. The summed E-state index contributed by atoms with van der Waals surface area (Å²) >= 11 is 5.84. The Kier molecular flexibility index (Phi) is 3.92. The van der Waals surface area contributed by atoms with Crippen LogP contribution in [0.1, 0.15) is 15.9 Å². The molecule has 5 heteroatoms. The van der Waals surface area contributed by atoms with Crippen molar-refractivity contribution in [1.29, 1.82) is 0 Å². The van der Waals surface area contributed by atoms with Crippen molar-refractivity contribution in [2.75, 3.05) is 5.32 Å². The number of hydrogen-bond acceptors (Lipinski definition) is 3. The highest BCUT2D eigenvalue weighted by atomic mass is 35.5. The van der Waals surface area contributed by atoms with Crippen molar-refractivity contribution in [2.24, 2.45) is 0 Å². The lowest BCUT2D eigenvalue weighted by molar-refractivity contribution is 0.102. The molecule has 0 bridgehead atoms. The van der Waals surface area contributed by atoms with Gasteiger partial charge in [0.2, 0.25) is 0 Å². The first-order valence-electron chi connectivity index (χ1n) is 5.33. The van der Waals surface area contributed by atoms with Crippen LogP contribution in [0.5, 0.6) is 0 Å². The van der Waals surface area contributed by atoms with Crippen LogP contribution in [-0.2, 0) is 6.61 Å². The lowest BCUT2D eigenvalue weighted by atomic mass is 10.1. The van der Waals surface area contributed by atoms with Crippen LogP contribution in [0.15, 0.2) is 42.6 Å². The molecular weight excluding hydrogens is 252 g/mol. The van der Waals surface area contributed by atoms with Crippen LogP contribution in [0.2, 0.25) is 5.15 Å². The maximum absolute atomic E-state index is 12.0. The number of nitrogens with zero attached hydrogens (tertiary/aromatic N) is 1. The number of anilines is 1. The molecule has 0 aliphatic rings. The van der Waals surface area contributed by atoms with E-state index in [4.69, 9.17) is 16.7 Å². The number of hydrogen-bond donors (Lipinski definition) is 2. The van der Waals surface area contributed by atoms with E-state index >= 15 is 0 Å². The molecule has 0 saturated heterocycles. The SMILES string of the molecule is O=C(Nc1ccccc1CO)c1cccnc1Cl. The average Bonchev–Trinajstić information content (AvgIpc) is 2.39. The van der Waals surface area contributed by atoms with Crippen molar-refractivity contribution >= 4 is 23.2 Å². The molecule has 2 rings (SSSR count). The third-order valence-electron chi connectivity index (χ3n) is 2.44. The summed E-state index contributed by atoms with van der Waals surface area (Å²) in [6.45, 7) is -0.142. The van der Waals surface area contributed by atoms with Crippen LogP contribution >= 0.6 is 11.6 Å². The fraction of sp³-hybridized carbons (Fsp3) is 0.0769. The first kappa shape index (κ1) is 12.5. The second kappa shape index (κ2) is 5.62. The minimum atomic E-state index is -0.353. The average molecular weight is 263 g/mol. The van der Waals surface area contributed by atoms with E-state index in [0.29, 0.717) is 16.8 Å². The third-order valence-corrected chi connectivity index (χ3v) is 2.74. The molecule has 0 spiro atoms. The van der Waals surface area contributed by atoms with Crippen molar-refractivity contribution in [1.82, 2.24) is 4.98 Å². The van der Waals surface area contributed by atoms with Crippen LogP contribution in [0.4, 0.5) is 5.69 Å². The minimum absolute atomic E-state index is 0.142. The molecule has 0 aliphatic carbocycles. The first-order valence-corrected chi connectivity index (χ1v) is 5.71. The number of aliphatic hydroxyl groups is 1. The number of para-hydroxylation sites is 1. The topological polar surface area (TPSA) is 62.2 Å². The molecule has 2 N–H and O–H groups in total. The highest BCUT2D eigenvalue weighted by Crippen LogP contribution is 2.18. The number of aromatic nitrogens is 1. The second-order valence-corrected chi connectivity index (χ2v) is 3.97. The van der Waals surface area contributed by atoms with Gasteiger partial charge in [0.05, 0.1) is 12.2 Å². The van der Waals surface area contributed by atoms with Crippen LogP contribution in [0.25, 0.3) is 0 Å². The molecule has 0 radical (unpaired) electrons. The Bertz CT molecular complexity index is 572. The predicted molar refractivity (Wildman–Crippen MR) is 69.6 cm³/mol. The summed E-state index contributed by atoms with van der Waals surface area (Å²) in [4.78, 5) is 15.8. The zero-order chi connectivity index (χ0) is 13.0. The van der Waals surface area contributed by atoms with Crippen molar-refractivity contribution in [3.05, 3.63) is 58.9 Å². The summed E-state index contributed by atoms with van der Waals surface area (Å²) in [6, 6.07) is 10.2. The van der Waals surface area contributed by atoms with Gasteiger partial charge in [-0.25, -0.2) is 4.98 Å². The molecule has 92 valence electrons. The van der Waals surface area contributed by atoms with Crippen molar-refractivity contribution < 1.29 is 9.90 Å². The van der Waals surface area contributed by atoms with Crippen molar-refractivity contribution in [2.45, 2.75) is 6.61 Å². The largest absolute Gasteiger partial charge is 0.392 e. The van der Waals surface area contributed by atoms with Gasteiger partial charge < -0.3 is 10.4 Å². The molecule has 0 atom stereocenters. The van der Waals surface area contributed by atoms with Crippen LogP contribution < -0.4 is 5.32 Å². The van der Waals surface area contributed by atoms with Gasteiger partial charge in [-0.3, -0.25) is 4.79 Å². The van der Waals surface area contributed by atoms with E-state index in [1.807, 2.05) is 0 Å².